The standard InChI is InChI=1S/C33H51NO5/c1-11-13-26-19-27-16-21(2)17-30(37-8)32(38-9)24(5)18-23(4)31(35)29(36-7)15-12-14-22(3)25(6)34-28(20-26)33(27)39-10/h12,14-15,18-21,24,29-32,34-35H,6,11,13,16-17H2,1-5,7-10H3/b15-12-,22-14?,23-18+/t21-,24+,29+,30+,31+,32-/m1/s1. The second-order valence-corrected chi connectivity index (χ2v) is 10.9. The summed E-state index contributed by atoms with van der Waals surface area (Å²) in [6.45, 7) is 14.8. The van der Waals surface area contributed by atoms with Crippen LogP contribution in [0, 0.1) is 11.8 Å². The lowest BCUT2D eigenvalue weighted by molar-refractivity contribution is -0.0618. The zero-order chi connectivity index (χ0) is 29.1. The second-order valence-electron chi connectivity index (χ2n) is 10.9. The number of rotatable bonds is 6. The van der Waals surface area contributed by atoms with Crippen molar-refractivity contribution in [2.45, 2.75) is 84.7 Å². The van der Waals surface area contributed by atoms with E-state index >= 15 is 0 Å². The first-order chi connectivity index (χ1) is 18.6. The first-order valence-corrected chi connectivity index (χ1v) is 14.1. The van der Waals surface area contributed by atoms with Crippen LogP contribution in [0.1, 0.15) is 58.6 Å². The van der Waals surface area contributed by atoms with Crippen molar-refractivity contribution in [1.29, 1.82) is 0 Å². The van der Waals surface area contributed by atoms with Crippen LogP contribution in [-0.4, -0.2) is 58.0 Å². The van der Waals surface area contributed by atoms with Crippen molar-refractivity contribution in [2.75, 3.05) is 33.8 Å². The molecule has 6 heteroatoms. The molecule has 1 aliphatic heterocycles. The Bertz CT molecular complexity index is 1030. The van der Waals surface area contributed by atoms with E-state index in [4.69, 9.17) is 18.9 Å². The van der Waals surface area contributed by atoms with Gasteiger partial charge >= 0.3 is 0 Å². The highest BCUT2D eigenvalue weighted by atomic mass is 16.5. The summed E-state index contributed by atoms with van der Waals surface area (Å²) in [4.78, 5) is 0. The first kappa shape index (κ1) is 32.8. The number of benzene rings is 1. The molecule has 218 valence electrons. The molecule has 0 unspecified atom stereocenters. The predicted molar refractivity (Wildman–Crippen MR) is 161 cm³/mol. The van der Waals surface area contributed by atoms with Crippen LogP contribution in [0.4, 0.5) is 5.69 Å². The third-order valence-corrected chi connectivity index (χ3v) is 7.62. The number of aryl methyl sites for hydroxylation is 1. The molecule has 0 aromatic heterocycles. The minimum absolute atomic E-state index is 0.0223. The van der Waals surface area contributed by atoms with Gasteiger partial charge in [0.05, 0.1) is 25.0 Å². The Labute approximate surface area is 236 Å². The molecule has 0 fully saturated rings. The Balaban J connectivity index is 2.62. The van der Waals surface area contributed by atoms with Crippen molar-refractivity contribution in [2.24, 2.45) is 11.8 Å². The fourth-order valence-corrected chi connectivity index (χ4v) is 5.45. The number of aliphatic hydroxyl groups is 1. The van der Waals surface area contributed by atoms with Crippen molar-refractivity contribution in [3.63, 3.8) is 0 Å². The minimum Gasteiger partial charge on any atom is -0.494 e. The average Bonchev–Trinajstić information content (AvgIpc) is 2.90. The Morgan fingerprint density at radius 3 is 2.36 bits per heavy atom. The van der Waals surface area contributed by atoms with Crippen LogP contribution >= 0.6 is 0 Å². The van der Waals surface area contributed by atoms with Gasteiger partial charge in [0.1, 0.15) is 18.0 Å². The molecule has 0 saturated carbocycles. The number of nitrogens with one attached hydrogen (secondary N) is 1. The van der Waals surface area contributed by atoms with Crippen molar-refractivity contribution in [1.82, 2.24) is 0 Å². The summed E-state index contributed by atoms with van der Waals surface area (Å²) in [5.41, 5.74) is 5.94. The van der Waals surface area contributed by atoms with Gasteiger partial charge < -0.3 is 29.4 Å². The van der Waals surface area contributed by atoms with E-state index in [0.717, 1.165) is 54.0 Å². The van der Waals surface area contributed by atoms with Crippen LogP contribution < -0.4 is 10.1 Å². The minimum atomic E-state index is -0.786. The highest BCUT2D eigenvalue weighted by molar-refractivity contribution is 5.66. The van der Waals surface area contributed by atoms with Gasteiger partial charge in [0.25, 0.3) is 0 Å². The molecule has 6 nitrogen and oxygen atoms in total. The molecule has 0 aliphatic carbocycles. The molecule has 0 radical (unpaired) electrons. The molecule has 1 aliphatic rings. The van der Waals surface area contributed by atoms with Crippen molar-refractivity contribution in [3.05, 3.63) is 71.0 Å². The monoisotopic (exact) mass is 541 g/mol. The SMILES string of the molecule is C=C1Nc2cc(CCC)cc(c2OC)C[C@@H](C)C[C@H](OC)[C@H](OC)[C@@H](C)/C=C(\C)[C@H](O)[C@@H](OC)/C=C\C=C1C. The maximum absolute atomic E-state index is 11.1. The van der Waals surface area contributed by atoms with E-state index < -0.39 is 12.2 Å². The zero-order valence-corrected chi connectivity index (χ0v) is 25.5. The van der Waals surface area contributed by atoms with Gasteiger partial charge in [0.15, 0.2) is 0 Å². The predicted octanol–water partition coefficient (Wildman–Crippen LogP) is 6.65. The summed E-state index contributed by atoms with van der Waals surface area (Å²) in [5, 5.41) is 14.6. The highest BCUT2D eigenvalue weighted by Gasteiger charge is 2.29. The Morgan fingerprint density at radius 1 is 1.05 bits per heavy atom. The van der Waals surface area contributed by atoms with E-state index in [0.29, 0.717) is 5.92 Å². The summed E-state index contributed by atoms with van der Waals surface area (Å²) >= 11 is 0. The summed E-state index contributed by atoms with van der Waals surface area (Å²) in [6, 6.07) is 4.44. The van der Waals surface area contributed by atoms with Gasteiger partial charge in [-0.1, -0.05) is 64.1 Å². The largest absolute Gasteiger partial charge is 0.494 e. The van der Waals surface area contributed by atoms with Crippen molar-refractivity contribution >= 4 is 5.69 Å². The maximum Gasteiger partial charge on any atom is 0.145 e. The summed E-state index contributed by atoms with van der Waals surface area (Å²) in [7, 11) is 6.80. The fourth-order valence-electron chi connectivity index (χ4n) is 5.45. The molecule has 1 aromatic rings. The highest BCUT2D eigenvalue weighted by Crippen LogP contribution is 2.35. The smallest absolute Gasteiger partial charge is 0.145 e. The lowest BCUT2D eigenvalue weighted by Gasteiger charge is -2.31. The Morgan fingerprint density at radius 2 is 1.77 bits per heavy atom. The van der Waals surface area contributed by atoms with E-state index in [2.05, 4.69) is 50.9 Å². The molecule has 0 amide bonds. The number of fused-ring (bicyclic) bond motifs is 2. The topological polar surface area (TPSA) is 69.2 Å². The quantitative estimate of drug-likeness (QED) is 0.393. The third-order valence-electron chi connectivity index (χ3n) is 7.62. The molecule has 1 heterocycles. The van der Waals surface area contributed by atoms with Gasteiger partial charge in [-0.25, -0.2) is 0 Å². The van der Waals surface area contributed by atoms with Crippen LogP contribution in [0.2, 0.25) is 0 Å². The van der Waals surface area contributed by atoms with E-state index in [1.807, 2.05) is 32.1 Å². The second kappa shape index (κ2) is 16.0. The van der Waals surface area contributed by atoms with E-state index in [-0.39, 0.29) is 18.1 Å². The maximum atomic E-state index is 11.1. The average molecular weight is 542 g/mol. The fraction of sp³-hybridized carbons (Fsp3) is 0.576. The molecule has 6 atom stereocenters. The summed E-state index contributed by atoms with van der Waals surface area (Å²) in [6.07, 6.45) is 9.95. The van der Waals surface area contributed by atoms with Crippen LogP contribution in [-0.2, 0) is 27.1 Å². The molecular formula is C33H51NO5. The lowest BCUT2D eigenvalue weighted by Crippen LogP contribution is -2.37. The molecular weight excluding hydrogens is 490 g/mol. The third kappa shape index (κ3) is 9.07. The molecule has 39 heavy (non-hydrogen) atoms. The number of hydrogen-bond acceptors (Lipinski definition) is 6. The molecule has 0 saturated heterocycles. The summed E-state index contributed by atoms with van der Waals surface area (Å²) < 4.78 is 23.5. The van der Waals surface area contributed by atoms with Gasteiger partial charge in [-0.3, -0.25) is 0 Å². The van der Waals surface area contributed by atoms with Crippen molar-refractivity contribution in [3.8, 4) is 5.75 Å². The number of hydrogen-bond donors (Lipinski definition) is 2. The molecule has 1 aromatic carbocycles. The van der Waals surface area contributed by atoms with Crippen LogP contribution in [0.5, 0.6) is 5.75 Å². The first-order valence-electron chi connectivity index (χ1n) is 14.1. The zero-order valence-electron chi connectivity index (χ0n) is 25.5. The van der Waals surface area contributed by atoms with Crippen LogP contribution in [0.3, 0.4) is 0 Å². The number of aliphatic hydroxyl groups excluding tert-OH is 1. The number of allylic oxidation sites excluding steroid dienone is 3. The van der Waals surface area contributed by atoms with Crippen LogP contribution in [0.15, 0.2) is 59.9 Å². The molecule has 2 N–H and O–H groups in total. The normalized spacial score (nSPS) is 29.6. The van der Waals surface area contributed by atoms with Gasteiger partial charge in [-0.15, -0.1) is 0 Å². The van der Waals surface area contributed by atoms with Gasteiger partial charge in [-0.2, -0.15) is 0 Å². The van der Waals surface area contributed by atoms with Gasteiger partial charge in [-0.05, 0) is 67.4 Å². The lowest BCUT2D eigenvalue weighted by atomic mass is 9.87. The molecule has 2 rings (SSSR count). The van der Waals surface area contributed by atoms with Crippen LogP contribution in [0.25, 0.3) is 0 Å². The van der Waals surface area contributed by atoms with Gasteiger partial charge in [0.2, 0.25) is 0 Å². The summed E-state index contributed by atoms with van der Waals surface area (Å²) in [5.74, 6) is 1.17. The van der Waals surface area contributed by atoms with E-state index in [9.17, 15) is 5.11 Å². The number of ether oxygens (including phenoxy) is 4. The molecule has 0 spiro atoms. The van der Waals surface area contributed by atoms with Crippen molar-refractivity contribution < 1.29 is 24.1 Å². The Hall–Kier alpha value is -2.38. The molecule has 2 bridgehead atoms. The van der Waals surface area contributed by atoms with E-state index in [1.165, 1.54) is 11.1 Å². The number of anilines is 1. The van der Waals surface area contributed by atoms with Gasteiger partial charge in [0, 0.05) is 32.9 Å². The van der Waals surface area contributed by atoms with E-state index in [1.54, 1.807) is 28.4 Å². The Kier molecular flexibility index (Phi) is 13.5. The number of methoxy groups -OCH3 is 4.